The van der Waals surface area contributed by atoms with Crippen LogP contribution in [0.15, 0.2) is 48.7 Å². The van der Waals surface area contributed by atoms with Gasteiger partial charge in [-0.15, -0.1) is 0 Å². The zero-order valence-electron chi connectivity index (χ0n) is 30.8. The highest BCUT2D eigenvalue weighted by Gasteiger charge is 2.39. The van der Waals surface area contributed by atoms with E-state index in [2.05, 4.69) is 46.7 Å². The maximum atomic E-state index is 13.1. The highest BCUT2D eigenvalue weighted by Crippen LogP contribution is 2.31. The Labute approximate surface area is 328 Å². The fourth-order valence-corrected chi connectivity index (χ4v) is 9.01. The predicted octanol–water partition coefficient (Wildman–Crippen LogP) is 4.75. The Kier molecular flexibility index (Phi) is 10.5. The molecule has 4 aliphatic rings. The van der Waals surface area contributed by atoms with Gasteiger partial charge in [0, 0.05) is 76.5 Å². The molecule has 4 aliphatic heterocycles. The molecule has 2 aromatic carbocycles. The number of carbonyl (C=O) groups excluding carboxylic acids is 4. The molecule has 0 bridgehead atoms. The molecule has 55 heavy (non-hydrogen) atoms. The summed E-state index contributed by atoms with van der Waals surface area (Å²) in [4.78, 5) is 73.3. The van der Waals surface area contributed by atoms with Crippen LogP contribution in [0.3, 0.4) is 0 Å². The second kappa shape index (κ2) is 15.6. The molecule has 3 fully saturated rings. The van der Waals surface area contributed by atoms with Crippen molar-refractivity contribution in [2.24, 2.45) is 0 Å². The number of anilines is 4. The molecule has 3 N–H and O–H groups in total. The molecule has 1 atom stereocenters. The summed E-state index contributed by atoms with van der Waals surface area (Å²) < 4.78 is 0. The first-order valence-electron chi connectivity index (χ1n) is 18.7. The molecule has 0 radical (unpaired) electrons. The maximum Gasteiger partial charge on any atom is 0.267 e. The van der Waals surface area contributed by atoms with Crippen LogP contribution in [0.1, 0.15) is 68.2 Å². The second-order valence-corrected chi connectivity index (χ2v) is 16.1. The van der Waals surface area contributed by atoms with E-state index in [0.717, 1.165) is 81.2 Å². The molecule has 8 rings (SSSR count). The molecule has 0 spiro atoms. The van der Waals surface area contributed by atoms with Crippen molar-refractivity contribution in [1.29, 1.82) is 0 Å². The molecule has 286 valence electrons. The molecule has 4 amide bonds. The normalized spacial score (nSPS) is 19.8. The molecule has 14 nitrogen and oxygen atoms in total. The first kappa shape index (κ1) is 37.0. The first-order valence-corrected chi connectivity index (χ1v) is 19.9. The Morgan fingerprint density at radius 1 is 0.982 bits per heavy atom. The van der Waals surface area contributed by atoms with Crippen LogP contribution in [0.25, 0.3) is 0 Å². The van der Waals surface area contributed by atoms with Crippen LogP contribution in [0, 0.1) is 13.8 Å². The van der Waals surface area contributed by atoms with Gasteiger partial charge in [-0.05, 0) is 61.9 Å². The third kappa shape index (κ3) is 8.06. The van der Waals surface area contributed by atoms with Crippen molar-refractivity contribution >= 4 is 69.0 Å². The number of hydrogen-bond donors (Lipinski definition) is 3. The highest BCUT2D eigenvalue weighted by molar-refractivity contribution is 7.17. The number of para-hydroxylation sites is 1. The summed E-state index contributed by atoms with van der Waals surface area (Å²) in [6.45, 7) is 10.7. The second-order valence-electron chi connectivity index (χ2n) is 14.6. The van der Waals surface area contributed by atoms with Crippen molar-refractivity contribution in [1.82, 2.24) is 35.0 Å². The van der Waals surface area contributed by atoms with E-state index < -0.39 is 6.04 Å². The minimum atomic E-state index is -0.600. The largest absolute Gasteiger partial charge is 0.356 e. The summed E-state index contributed by atoms with van der Waals surface area (Å²) in [6.07, 6.45) is 4.25. The van der Waals surface area contributed by atoms with E-state index in [4.69, 9.17) is 16.6 Å². The Hall–Kier alpha value is -4.96. The summed E-state index contributed by atoms with van der Waals surface area (Å²) in [5, 5.41) is 9.59. The number of fused-ring (bicyclic) bond motifs is 1. The van der Waals surface area contributed by atoms with E-state index in [-0.39, 0.29) is 30.0 Å². The van der Waals surface area contributed by atoms with Crippen LogP contribution in [-0.4, -0.2) is 105 Å². The number of benzene rings is 2. The first-order chi connectivity index (χ1) is 26.6. The fraction of sp³-hybridized carbons (Fsp3) is 0.410. The lowest BCUT2D eigenvalue weighted by Crippen LogP contribution is -2.53. The summed E-state index contributed by atoms with van der Waals surface area (Å²) in [7, 11) is 0. The van der Waals surface area contributed by atoms with Gasteiger partial charge < -0.3 is 20.4 Å². The zero-order valence-corrected chi connectivity index (χ0v) is 32.4. The molecule has 0 saturated carbocycles. The molecule has 1 unspecified atom stereocenters. The number of thiazole rings is 1. The number of rotatable bonds is 9. The van der Waals surface area contributed by atoms with Gasteiger partial charge in [-0.25, -0.2) is 15.0 Å². The summed E-state index contributed by atoms with van der Waals surface area (Å²) in [5.41, 5.74) is 4.23. The van der Waals surface area contributed by atoms with Gasteiger partial charge in [-0.2, -0.15) is 0 Å². The van der Waals surface area contributed by atoms with Gasteiger partial charge in [0.15, 0.2) is 5.13 Å². The van der Waals surface area contributed by atoms with Gasteiger partial charge >= 0.3 is 0 Å². The number of piperazine rings is 1. The van der Waals surface area contributed by atoms with Crippen LogP contribution < -0.4 is 20.9 Å². The molecular weight excluding hydrogens is 740 g/mol. The van der Waals surface area contributed by atoms with Crippen molar-refractivity contribution in [2.45, 2.75) is 64.7 Å². The van der Waals surface area contributed by atoms with Gasteiger partial charge in [0.1, 0.15) is 28.4 Å². The van der Waals surface area contributed by atoms with E-state index in [1.165, 1.54) is 11.3 Å². The van der Waals surface area contributed by atoms with Crippen LogP contribution in [-0.2, 0) is 22.7 Å². The Bertz CT molecular complexity index is 2130. The molecule has 3 saturated heterocycles. The third-order valence-electron chi connectivity index (χ3n) is 11.0. The van der Waals surface area contributed by atoms with E-state index in [0.29, 0.717) is 56.9 Å². The number of carbonyl (C=O) groups is 4. The molecule has 2 aromatic heterocycles. The quantitative estimate of drug-likeness (QED) is 0.202. The number of nitrogens with one attached hydrogen (secondary N) is 3. The Balaban J connectivity index is 0.809. The number of amides is 4. The van der Waals surface area contributed by atoms with Crippen molar-refractivity contribution < 1.29 is 19.2 Å². The van der Waals surface area contributed by atoms with E-state index in [9.17, 15) is 19.2 Å². The number of aromatic nitrogens is 3. The average molecular weight is 783 g/mol. The highest BCUT2D eigenvalue weighted by atomic mass is 35.5. The topological polar surface area (TPSA) is 156 Å². The van der Waals surface area contributed by atoms with Gasteiger partial charge in [0.25, 0.3) is 11.8 Å². The standard InChI is InChI=1S/C39H43ClN10O4S/c1-23-4-3-5-29(40)35(23)46-37(53)31-20-41-39(55-31)44-32-19-33(43-24(2)42-32)49-12-10-27(11-13-49)48-16-14-47(15-17-48)21-25-6-7-28-26(18-25)22-50(38(28)54)30-8-9-34(51)45-36(30)52/h3-7,18-20,27,30H,8-17,21-22H2,1-2H3,(H,46,53)(H,45,51,52)(H,41,42,43,44). The van der Waals surface area contributed by atoms with E-state index in [1.54, 1.807) is 17.2 Å². The van der Waals surface area contributed by atoms with Crippen LogP contribution >= 0.6 is 22.9 Å². The number of nitrogens with zero attached hydrogens (tertiary/aromatic N) is 7. The smallest absolute Gasteiger partial charge is 0.267 e. The lowest BCUT2D eigenvalue weighted by molar-refractivity contribution is -0.136. The lowest BCUT2D eigenvalue weighted by Gasteiger charge is -2.43. The van der Waals surface area contributed by atoms with Crippen molar-refractivity contribution in [3.05, 3.63) is 86.6 Å². The minimum absolute atomic E-state index is 0.138. The molecule has 6 heterocycles. The monoisotopic (exact) mass is 782 g/mol. The Morgan fingerprint density at radius 3 is 2.55 bits per heavy atom. The van der Waals surface area contributed by atoms with Crippen LogP contribution in [0.4, 0.5) is 22.5 Å². The van der Waals surface area contributed by atoms with Crippen LogP contribution in [0.2, 0.25) is 5.02 Å². The van der Waals surface area contributed by atoms with Gasteiger partial charge in [-0.3, -0.25) is 34.3 Å². The van der Waals surface area contributed by atoms with Crippen molar-refractivity contribution in [3.63, 3.8) is 0 Å². The summed E-state index contributed by atoms with van der Waals surface area (Å²) in [5.74, 6) is 1.08. The SMILES string of the molecule is Cc1nc(Nc2ncc(C(=O)Nc3c(C)cccc3Cl)s2)cc(N2CCC(N3CCN(Cc4ccc5c(c4)CN(C4CCC(=O)NC4=O)C5=O)CC3)CC2)n1. The molecule has 16 heteroatoms. The van der Waals surface area contributed by atoms with Gasteiger partial charge in [0.2, 0.25) is 11.8 Å². The molecular formula is C39H43ClN10O4S. The number of hydrogen-bond acceptors (Lipinski definition) is 12. The number of imide groups is 1. The maximum absolute atomic E-state index is 13.1. The van der Waals surface area contributed by atoms with Crippen LogP contribution in [0.5, 0.6) is 0 Å². The predicted molar refractivity (Wildman–Crippen MR) is 211 cm³/mol. The third-order valence-corrected chi connectivity index (χ3v) is 12.2. The van der Waals surface area contributed by atoms with Gasteiger partial charge in [-0.1, -0.05) is 47.2 Å². The zero-order chi connectivity index (χ0) is 38.2. The average Bonchev–Trinajstić information content (AvgIpc) is 3.77. The lowest BCUT2D eigenvalue weighted by atomic mass is 10.0. The fourth-order valence-electron chi connectivity index (χ4n) is 8.02. The van der Waals surface area contributed by atoms with Gasteiger partial charge in [0.05, 0.1) is 16.9 Å². The van der Waals surface area contributed by atoms with E-state index in [1.807, 2.05) is 44.2 Å². The summed E-state index contributed by atoms with van der Waals surface area (Å²) >= 11 is 7.55. The van der Waals surface area contributed by atoms with Crippen molar-refractivity contribution in [3.8, 4) is 0 Å². The molecule has 4 aromatic rings. The Morgan fingerprint density at radius 2 is 1.78 bits per heavy atom. The number of halogens is 1. The molecule has 0 aliphatic carbocycles. The number of aryl methyl sites for hydroxylation is 2. The number of piperidine rings is 2. The summed E-state index contributed by atoms with van der Waals surface area (Å²) in [6, 6.07) is 13.4. The van der Waals surface area contributed by atoms with Crippen molar-refractivity contribution in [2.75, 3.05) is 54.8 Å². The van der Waals surface area contributed by atoms with E-state index >= 15 is 0 Å². The minimum Gasteiger partial charge on any atom is -0.356 e.